The largest absolute Gasteiger partial charge is 0.454 e. The Bertz CT molecular complexity index is 901. The summed E-state index contributed by atoms with van der Waals surface area (Å²) < 4.78 is 37.6. The molecule has 1 atom stereocenters. The van der Waals surface area contributed by atoms with Crippen LogP contribution < -0.4 is 24.6 Å². The van der Waals surface area contributed by atoms with Gasteiger partial charge in [-0.05, 0) is 37.3 Å². The van der Waals surface area contributed by atoms with Crippen LogP contribution in [0.3, 0.4) is 0 Å². The van der Waals surface area contributed by atoms with E-state index >= 15 is 0 Å². The molecule has 0 aliphatic carbocycles. The number of halogens is 2. The van der Waals surface area contributed by atoms with E-state index in [4.69, 9.17) is 9.47 Å². The van der Waals surface area contributed by atoms with Crippen molar-refractivity contribution in [2.45, 2.75) is 19.5 Å². The number of ether oxygens (including phenoxy) is 2. The quantitative estimate of drug-likeness (QED) is 0.657. The van der Waals surface area contributed by atoms with Gasteiger partial charge in [-0.15, -0.1) is 0 Å². The Morgan fingerprint density at radius 3 is 2.59 bits per heavy atom. The maximum atomic E-state index is 13.8. The zero-order valence-corrected chi connectivity index (χ0v) is 16.3. The van der Waals surface area contributed by atoms with Crippen molar-refractivity contribution in [1.29, 1.82) is 0 Å². The lowest BCUT2D eigenvalue weighted by Crippen LogP contribution is -3.29. The molecule has 0 bridgehead atoms. The average molecular weight is 405 g/mol. The molecule has 4 rings (SSSR count). The number of carbonyl (C=O) groups excluding carboxylic acids is 1. The van der Waals surface area contributed by atoms with Gasteiger partial charge in [-0.3, -0.25) is 4.79 Å². The molecule has 29 heavy (non-hydrogen) atoms. The number of benzene rings is 2. The molecule has 3 N–H and O–H groups in total. The number of hydrogen-bond acceptors (Lipinski definition) is 3. The third-order valence-corrected chi connectivity index (χ3v) is 5.69. The topological polar surface area (TPSA) is 56.4 Å². The molecule has 6 nitrogen and oxygen atoms in total. The van der Waals surface area contributed by atoms with Crippen LogP contribution in [-0.2, 0) is 11.3 Å². The van der Waals surface area contributed by atoms with Gasteiger partial charge in [0.25, 0.3) is 5.91 Å². The first-order chi connectivity index (χ1) is 14.0. The minimum Gasteiger partial charge on any atom is -0.454 e. The molecule has 8 heteroatoms. The van der Waals surface area contributed by atoms with Gasteiger partial charge in [0, 0.05) is 11.6 Å². The molecule has 1 saturated heterocycles. The summed E-state index contributed by atoms with van der Waals surface area (Å²) in [6.07, 6.45) is 0. The Hall–Kier alpha value is -2.71. The SMILES string of the molecule is C[C@@H](C(=O)Nc1ccc(F)cc1F)[NH+]1CC[NH+](Cc2ccc3c(c2)OCO3)CC1. The fourth-order valence-electron chi connectivity index (χ4n) is 3.89. The summed E-state index contributed by atoms with van der Waals surface area (Å²) in [4.78, 5) is 15.1. The third-order valence-electron chi connectivity index (χ3n) is 5.69. The van der Waals surface area contributed by atoms with Crippen LogP contribution in [0, 0.1) is 11.6 Å². The van der Waals surface area contributed by atoms with Crippen LogP contribution >= 0.6 is 0 Å². The van der Waals surface area contributed by atoms with E-state index in [1.165, 1.54) is 21.4 Å². The number of rotatable bonds is 5. The normalized spacial score (nSPS) is 21.6. The lowest BCUT2D eigenvalue weighted by Gasteiger charge is -2.32. The van der Waals surface area contributed by atoms with E-state index in [0.29, 0.717) is 0 Å². The molecule has 154 valence electrons. The molecule has 2 aromatic rings. The first-order valence-corrected chi connectivity index (χ1v) is 9.82. The van der Waals surface area contributed by atoms with Crippen molar-refractivity contribution in [2.24, 2.45) is 0 Å². The Labute approximate surface area is 168 Å². The fourth-order valence-corrected chi connectivity index (χ4v) is 3.89. The highest BCUT2D eigenvalue weighted by atomic mass is 19.1. The number of hydrogen-bond donors (Lipinski definition) is 3. The fraction of sp³-hybridized carbons (Fsp3) is 0.381. The second-order valence-electron chi connectivity index (χ2n) is 7.61. The molecule has 1 amide bonds. The first kappa shape index (κ1) is 19.6. The van der Waals surface area contributed by atoms with Crippen molar-refractivity contribution in [2.75, 3.05) is 38.3 Å². The Kier molecular flexibility index (Phi) is 5.64. The molecular formula is C21H25F2N3O3+2. The number of fused-ring (bicyclic) bond motifs is 1. The predicted molar refractivity (Wildman–Crippen MR) is 102 cm³/mol. The molecule has 0 spiro atoms. The van der Waals surface area contributed by atoms with Gasteiger partial charge in [-0.1, -0.05) is 0 Å². The monoisotopic (exact) mass is 405 g/mol. The Balaban J connectivity index is 1.29. The first-order valence-electron chi connectivity index (χ1n) is 9.82. The second-order valence-corrected chi connectivity index (χ2v) is 7.61. The molecule has 2 heterocycles. The summed E-state index contributed by atoms with van der Waals surface area (Å²) in [5, 5.41) is 2.58. The van der Waals surface area contributed by atoms with Crippen molar-refractivity contribution in [1.82, 2.24) is 0 Å². The van der Waals surface area contributed by atoms with Gasteiger partial charge in [-0.2, -0.15) is 0 Å². The molecule has 1 fully saturated rings. The molecule has 2 aliphatic rings. The summed E-state index contributed by atoms with van der Waals surface area (Å²) >= 11 is 0. The molecule has 0 unspecified atom stereocenters. The molecule has 0 saturated carbocycles. The Morgan fingerprint density at radius 2 is 1.83 bits per heavy atom. The van der Waals surface area contributed by atoms with E-state index < -0.39 is 11.6 Å². The summed E-state index contributed by atoms with van der Waals surface area (Å²) in [5.41, 5.74) is 1.21. The summed E-state index contributed by atoms with van der Waals surface area (Å²) in [7, 11) is 0. The molecule has 2 aromatic carbocycles. The van der Waals surface area contributed by atoms with Gasteiger partial charge in [0.1, 0.15) is 44.4 Å². The van der Waals surface area contributed by atoms with Crippen LogP contribution in [-0.4, -0.2) is 44.9 Å². The summed E-state index contributed by atoms with van der Waals surface area (Å²) in [6.45, 7) is 6.58. The highest BCUT2D eigenvalue weighted by Crippen LogP contribution is 2.32. The van der Waals surface area contributed by atoms with Gasteiger partial charge in [0.05, 0.1) is 5.69 Å². The Morgan fingerprint density at radius 1 is 1.07 bits per heavy atom. The molecule has 0 aromatic heterocycles. The number of nitrogens with one attached hydrogen (secondary N) is 3. The number of piperazine rings is 1. The van der Waals surface area contributed by atoms with Gasteiger partial charge in [0.2, 0.25) is 6.79 Å². The third kappa shape index (κ3) is 4.49. The van der Waals surface area contributed by atoms with Crippen molar-refractivity contribution < 1.29 is 32.8 Å². The minimum atomic E-state index is -0.765. The number of quaternary nitrogens is 2. The summed E-state index contributed by atoms with van der Waals surface area (Å²) in [5.74, 6) is -0.107. The van der Waals surface area contributed by atoms with E-state index in [0.717, 1.165) is 56.4 Å². The van der Waals surface area contributed by atoms with Gasteiger partial charge in [0.15, 0.2) is 17.5 Å². The van der Waals surface area contributed by atoms with E-state index in [2.05, 4.69) is 11.4 Å². The highest BCUT2D eigenvalue weighted by molar-refractivity contribution is 5.93. The van der Waals surface area contributed by atoms with Crippen LogP contribution in [0.2, 0.25) is 0 Å². The van der Waals surface area contributed by atoms with Gasteiger partial charge < -0.3 is 24.6 Å². The standard InChI is InChI=1S/C21H23F2N3O3/c1-14(21(27)24-18-4-3-16(22)11-17(18)23)26-8-6-25(7-9-26)12-15-2-5-19-20(10-15)29-13-28-19/h2-5,10-11,14H,6-9,12-13H2,1H3,(H,24,27)/p+2/t14-/m0/s1. The van der Waals surface area contributed by atoms with Crippen LogP contribution in [0.25, 0.3) is 0 Å². The molecule has 2 aliphatic heterocycles. The minimum absolute atomic E-state index is 0.00900. The summed E-state index contributed by atoms with van der Waals surface area (Å²) in [6, 6.07) is 8.87. The number of carbonyl (C=O) groups is 1. The van der Waals surface area contributed by atoms with Crippen molar-refractivity contribution in [3.05, 3.63) is 53.6 Å². The lowest BCUT2D eigenvalue weighted by molar-refractivity contribution is -1.02. The molecular weight excluding hydrogens is 380 g/mol. The number of anilines is 1. The zero-order valence-electron chi connectivity index (χ0n) is 16.3. The van der Waals surface area contributed by atoms with E-state index in [9.17, 15) is 13.6 Å². The predicted octanol–water partition coefficient (Wildman–Crippen LogP) is 0.00410. The maximum Gasteiger partial charge on any atom is 0.282 e. The average Bonchev–Trinajstić information content (AvgIpc) is 3.18. The van der Waals surface area contributed by atoms with Crippen LogP contribution in [0.5, 0.6) is 11.5 Å². The van der Waals surface area contributed by atoms with Gasteiger partial charge in [-0.25, -0.2) is 8.78 Å². The van der Waals surface area contributed by atoms with Crippen molar-refractivity contribution >= 4 is 11.6 Å². The zero-order chi connectivity index (χ0) is 20.4. The van der Waals surface area contributed by atoms with Gasteiger partial charge >= 0.3 is 0 Å². The second kappa shape index (κ2) is 8.34. The van der Waals surface area contributed by atoms with Crippen molar-refractivity contribution in [3.63, 3.8) is 0 Å². The number of amides is 1. The van der Waals surface area contributed by atoms with Crippen LogP contribution in [0.1, 0.15) is 12.5 Å². The van der Waals surface area contributed by atoms with E-state index in [1.54, 1.807) is 0 Å². The van der Waals surface area contributed by atoms with E-state index in [1.807, 2.05) is 19.1 Å². The molecule has 0 radical (unpaired) electrons. The highest BCUT2D eigenvalue weighted by Gasteiger charge is 2.31. The maximum absolute atomic E-state index is 13.8. The van der Waals surface area contributed by atoms with E-state index in [-0.39, 0.29) is 24.4 Å². The van der Waals surface area contributed by atoms with Crippen molar-refractivity contribution in [3.8, 4) is 11.5 Å². The van der Waals surface area contributed by atoms with Crippen LogP contribution in [0.15, 0.2) is 36.4 Å². The smallest absolute Gasteiger partial charge is 0.282 e. The van der Waals surface area contributed by atoms with Crippen LogP contribution in [0.4, 0.5) is 14.5 Å². The lowest BCUT2D eigenvalue weighted by atomic mass is 10.1.